The zero-order chi connectivity index (χ0) is 13.9. The van der Waals surface area contributed by atoms with E-state index in [-0.39, 0.29) is 23.9 Å². The number of rotatable bonds is 6. The number of sulfonamides is 1. The number of hydrogen-bond acceptors (Lipinski definition) is 7. The molecule has 11 heteroatoms. The highest BCUT2D eigenvalue weighted by Gasteiger charge is 2.22. The van der Waals surface area contributed by atoms with Crippen LogP contribution in [0.1, 0.15) is 18.8 Å². The standard InChI is InChI=1S/C8H13N7O3S/c1-6(8-10-13-14-11-8)12-19(17,18)7-4-9-15(5-7)2-3-16/h4-6,12,16H,2-3H2,1H3,(H,10,11,13,14). The maximum absolute atomic E-state index is 12.0. The van der Waals surface area contributed by atoms with E-state index in [4.69, 9.17) is 5.11 Å². The number of nitrogens with zero attached hydrogens (tertiary/aromatic N) is 5. The van der Waals surface area contributed by atoms with Crippen molar-refractivity contribution in [2.24, 2.45) is 0 Å². The highest BCUT2D eigenvalue weighted by molar-refractivity contribution is 7.89. The van der Waals surface area contributed by atoms with Gasteiger partial charge in [0, 0.05) is 6.20 Å². The first-order valence-corrected chi connectivity index (χ1v) is 6.90. The Labute approximate surface area is 108 Å². The second kappa shape index (κ2) is 5.42. The first kappa shape index (κ1) is 13.6. The Balaban J connectivity index is 2.13. The van der Waals surface area contributed by atoms with Gasteiger partial charge in [0.1, 0.15) is 4.90 Å². The minimum Gasteiger partial charge on any atom is -0.394 e. The number of nitrogens with one attached hydrogen (secondary N) is 2. The molecular formula is C8H13N7O3S. The van der Waals surface area contributed by atoms with E-state index in [0.29, 0.717) is 0 Å². The Morgan fingerprint density at radius 1 is 1.58 bits per heavy atom. The van der Waals surface area contributed by atoms with Gasteiger partial charge in [0.25, 0.3) is 0 Å². The Kier molecular flexibility index (Phi) is 3.87. The lowest BCUT2D eigenvalue weighted by atomic mass is 10.4. The summed E-state index contributed by atoms with van der Waals surface area (Å²) >= 11 is 0. The number of aromatic amines is 1. The van der Waals surface area contributed by atoms with E-state index in [1.165, 1.54) is 17.1 Å². The minimum atomic E-state index is -3.72. The van der Waals surface area contributed by atoms with Crippen molar-refractivity contribution in [3.8, 4) is 0 Å². The average molecular weight is 287 g/mol. The molecule has 0 saturated carbocycles. The molecule has 0 bridgehead atoms. The van der Waals surface area contributed by atoms with E-state index >= 15 is 0 Å². The molecule has 0 amide bonds. The molecule has 3 N–H and O–H groups in total. The maximum atomic E-state index is 12.0. The van der Waals surface area contributed by atoms with E-state index in [9.17, 15) is 8.42 Å². The lowest BCUT2D eigenvalue weighted by Gasteiger charge is -2.08. The van der Waals surface area contributed by atoms with Crippen LogP contribution in [0.15, 0.2) is 17.3 Å². The highest BCUT2D eigenvalue weighted by atomic mass is 32.2. The smallest absolute Gasteiger partial charge is 0.244 e. The summed E-state index contributed by atoms with van der Waals surface area (Å²) in [5.41, 5.74) is 0. The monoisotopic (exact) mass is 287 g/mol. The molecule has 0 aliphatic carbocycles. The van der Waals surface area contributed by atoms with Crippen molar-refractivity contribution in [1.82, 2.24) is 35.1 Å². The molecule has 10 nitrogen and oxygen atoms in total. The first-order valence-electron chi connectivity index (χ1n) is 5.42. The lowest BCUT2D eigenvalue weighted by Crippen LogP contribution is -2.27. The molecule has 0 spiro atoms. The van der Waals surface area contributed by atoms with Gasteiger partial charge in [-0.05, 0) is 6.92 Å². The van der Waals surface area contributed by atoms with Crippen molar-refractivity contribution in [2.45, 2.75) is 24.4 Å². The molecular weight excluding hydrogens is 274 g/mol. The minimum absolute atomic E-state index is 0.0105. The van der Waals surface area contributed by atoms with Gasteiger partial charge in [-0.1, -0.05) is 5.21 Å². The van der Waals surface area contributed by atoms with Gasteiger partial charge in [-0.2, -0.15) is 10.3 Å². The summed E-state index contributed by atoms with van der Waals surface area (Å²) < 4.78 is 27.8. The predicted octanol–water partition coefficient (Wildman–Crippen LogP) is -1.57. The summed E-state index contributed by atoms with van der Waals surface area (Å²) in [7, 11) is -3.72. The number of H-pyrrole nitrogens is 1. The molecule has 2 heterocycles. The summed E-state index contributed by atoms with van der Waals surface area (Å²) in [5.74, 6) is 0.242. The van der Waals surface area contributed by atoms with Crippen molar-refractivity contribution in [3.05, 3.63) is 18.2 Å². The molecule has 104 valence electrons. The number of aliphatic hydroxyl groups excluding tert-OH is 1. The van der Waals surface area contributed by atoms with Gasteiger partial charge in [0.15, 0.2) is 5.82 Å². The van der Waals surface area contributed by atoms with Crippen LogP contribution in [0.4, 0.5) is 0 Å². The predicted molar refractivity (Wildman–Crippen MR) is 62.2 cm³/mol. The SMILES string of the molecule is CC(NS(=O)(=O)c1cnn(CCO)c1)c1nn[nH]n1. The van der Waals surface area contributed by atoms with E-state index in [0.717, 1.165) is 0 Å². The fourth-order valence-corrected chi connectivity index (χ4v) is 2.57. The number of tetrazole rings is 1. The quantitative estimate of drug-likeness (QED) is 0.583. The third-order valence-corrected chi connectivity index (χ3v) is 3.83. The van der Waals surface area contributed by atoms with Crippen LogP contribution in [0.25, 0.3) is 0 Å². The molecule has 0 aliphatic heterocycles. The zero-order valence-electron chi connectivity index (χ0n) is 10.1. The van der Waals surface area contributed by atoms with Crippen LogP contribution in [0, 0.1) is 0 Å². The van der Waals surface area contributed by atoms with Crippen LogP contribution in [0.3, 0.4) is 0 Å². The molecule has 0 aliphatic rings. The third-order valence-electron chi connectivity index (χ3n) is 2.33. The van der Waals surface area contributed by atoms with Crippen molar-refractivity contribution in [2.75, 3.05) is 6.61 Å². The van der Waals surface area contributed by atoms with Crippen LogP contribution in [0.2, 0.25) is 0 Å². The summed E-state index contributed by atoms with van der Waals surface area (Å²) in [6, 6.07) is -0.620. The second-order valence-corrected chi connectivity index (χ2v) is 5.49. The first-order chi connectivity index (χ1) is 9.03. The molecule has 1 atom stereocenters. The van der Waals surface area contributed by atoms with Crippen LogP contribution in [-0.4, -0.2) is 50.5 Å². The Hall–Kier alpha value is -1.85. The summed E-state index contributed by atoms with van der Waals surface area (Å²) in [6.07, 6.45) is 2.54. The maximum Gasteiger partial charge on any atom is 0.244 e. The fraction of sp³-hybridized carbons (Fsp3) is 0.500. The van der Waals surface area contributed by atoms with Crippen LogP contribution < -0.4 is 4.72 Å². The number of aromatic nitrogens is 6. The van der Waals surface area contributed by atoms with E-state index in [1.54, 1.807) is 6.92 Å². The van der Waals surface area contributed by atoms with Gasteiger partial charge in [0.2, 0.25) is 10.0 Å². The lowest BCUT2D eigenvalue weighted by molar-refractivity contribution is 0.269. The Morgan fingerprint density at radius 2 is 2.37 bits per heavy atom. The van der Waals surface area contributed by atoms with Gasteiger partial charge in [0.05, 0.1) is 25.4 Å². The number of hydrogen-bond donors (Lipinski definition) is 3. The third kappa shape index (κ3) is 3.13. The van der Waals surface area contributed by atoms with Gasteiger partial charge in [-0.15, -0.1) is 10.2 Å². The van der Waals surface area contributed by atoms with Gasteiger partial charge < -0.3 is 5.11 Å². The van der Waals surface area contributed by atoms with Crippen molar-refractivity contribution >= 4 is 10.0 Å². The van der Waals surface area contributed by atoms with E-state index in [1.807, 2.05) is 0 Å². The average Bonchev–Trinajstić information content (AvgIpc) is 2.99. The summed E-state index contributed by atoms with van der Waals surface area (Å²) in [6.45, 7) is 1.71. The second-order valence-electron chi connectivity index (χ2n) is 3.78. The van der Waals surface area contributed by atoms with Gasteiger partial charge >= 0.3 is 0 Å². The summed E-state index contributed by atoms with van der Waals surface area (Å²) in [5, 5.41) is 25.6. The molecule has 2 aromatic heterocycles. The molecule has 0 saturated heterocycles. The van der Waals surface area contributed by atoms with Crippen molar-refractivity contribution in [3.63, 3.8) is 0 Å². The fourth-order valence-electron chi connectivity index (χ4n) is 1.41. The normalized spacial score (nSPS) is 13.6. The van der Waals surface area contributed by atoms with E-state index in [2.05, 4.69) is 30.4 Å². The van der Waals surface area contributed by atoms with E-state index < -0.39 is 16.1 Å². The zero-order valence-corrected chi connectivity index (χ0v) is 10.9. The van der Waals surface area contributed by atoms with Crippen molar-refractivity contribution < 1.29 is 13.5 Å². The Bertz CT molecular complexity index is 621. The highest BCUT2D eigenvalue weighted by Crippen LogP contribution is 2.12. The molecule has 2 aromatic rings. The largest absolute Gasteiger partial charge is 0.394 e. The van der Waals surface area contributed by atoms with Crippen LogP contribution in [0.5, 0.6) is 0 Å². The van der Waals surface area contributed by atoms with Crippen LogP contribution >= 0.6 is 0 Å². The molecule has 1 unspecified atom stereocenters. The summed E-state index contributed by atoms with van der Waals surface area (Å²) in [4.78, 5) is 0.0105. The molecule has 2 rings (SSSR count). The molecule has 19 heavy (non-hydrogen) atoms. The molecule has 0 radical (unpaired) electrons. The van der Waals surface area contributed by atoms with Crippen LogP contribution in [-0.2, 0) is 16.6 Å². The van der Waals surface area contributed by atoms with Gasteiger partial charge in [-0.3, -0.25) is 4.68 Å². The number of aliphatic hydroxyl groups is 1. The van der Waals surface area contributed by atoms with Crippen molar-refractivity contribution in [1.29, 1.82) is 0 Å². The molecule has 0 aromatic carbocycles. The Morgan fingerprint density at radius 3 is 3.00 bits per heavy atom. The molecule has 0 fully saturated rings. The topological polar surface area (TPSA) is 139 Å². The van der Waals surface area contributed by atoms with Gasteiger partial charge in [-0.25, -0.2) is 13.1 Å².